The van der Waals surface area contributed by atoms with E-state index in [4.69, 9.17) is 0 Å². The zero-order chi connectivity index (χ0) is 13.3. The molecular formula is C19H12S. The van der Waals surface area contributed by atoms with E-state index in [9.17, 15) is 0 Å². The molecule has 20 heavy (non-hydrogen) atoms. The van der Waals surface area contributed by atoms with Crippen molar-refractivity contribution in [3.8, 4) is 0 Å². The normalized spacial score (nSPS) is 12.2. The lowest BCUT2D eigenvalue weighted by Gasteiger charge is -2.06. The van der Waals surface area contributed by atoms with Crippen molar-refractivity contribution in [2.45, 2.75) is 6.92 Å². The number of aryl methyl sites for hydroxylation is 1. The Morgan fingerprint density at radius 1 is 0.750 bits per heavy atom. The minimum Gasteiger partial charge on any atom is -0.134 e. The summed E-state index contributed by atoms with van der Waals surface area (Å²) in [5, 5.41) is 8.38. The molecule has 0 radical (unpaired) electrons. The summed E-state index contributed by atoms with van der Waals surface area (Å²) >= 11 is 1.93. The molecule has 5 aromatic rings. The summed E-state index contributed by atoms with van der Waals surface area (Å²) < 4.78 is 2.84. The van der Waals surface area contributed by atoms with E-state index in [1.807, 2.05) is 11.3 Å². The molecule has 0 nitrogen and oxygen atoms in total. The first-order valence-electron chi connectivity index (χ1n) is 6.88. The van der Waals surface area contributed by atoms with E-state index in [1.165, 1.54) is 47.3 Å². The van der Waals surface area contributed by atoms with Gasteiger partial charge in [0.25, 0.3) is 0 Å². The zero-order valence-corrected chi connectivity index (χ0v) is 11.9. The van der Waals surface area contributed by atoms with Crippen LogP contribution in [0.15, 0.2) is 54.6 Å². The minimum absolute atomic E-state index is 1.34. The van der Waals surface area contributed by atoms with Crippen LogP contribution >= 0.6 is 11.3 Å². The summed E-state index contributed by atoms with van der Waals surface area (Å²) in [6.07, 6.45) is 0. The lowest BCUT2D eigenvalue weighted by molar-refractivity contribution is 1.55. The Morgan fingerprint density at radius 2 is 1.65 bits per heavy atom. The number of rotatable bonds is 0. The highest BCUT2D eigenvalue weighted by molar-refractivity contribution is 7.27. The van der Waals surface area contributed by atoms with Crippen molar-refractivity contribution in [3.63, 3.8) is 0 Å². The molecule has 0 aliphatic carbocycles. The van der Waals surface area contributed by atoms with Crippen LogP contribution in [0.4, 0.5) is 0 Å². The van der Waals surface area contributed by atoms with Crippen LogP contribution in [0.2, 0.25) is 0 Å². The van der Waals surface area contributed by atoms with Gasteiger partial charge in [-0.1, -0.05) is 42.5 Å². The van der Waals surface area contributed by atoms with Gasteiger partial charge in [-0.15, -0.1) is 11.3 Å². The summed E-state index contributed by atoms with van der Waals surface area (Å²) in [5.41, 5.74) is 1.37. The van der Waals surface area contributed by atoms with Crippen molar-refractivity contribution < 1.29 is 0 Å². The Morgan fingerprint density at radius 3 is 2.60 bits per heavy atom. The Kier molecular flexibility index (Phi) is 1.86. The van der Waals surface area contributed by atoms with Crippen LogP contribution in [-0.4, -0.2) is 0 Å². The molecule has 1 aromatic heterocycles. The fourth-order valence-corrected chi connectivity index (χ4v) is 4.66. The van der Waals surface area contributed by atoms with Gasteiger partial charge in [-0.25, -0.2) is 0 Å². The Balaban J connectivity index is 2.23. The molecule has 0 unspecified atom stereocenters. The topological polar surface area (TPSA) is 0 Å². The highest BCUT2D eigenvalue weighted by atomic mass is 32.1. The summed E-state index contributed by atoms with van der Waals surface area (Å²) in [4.78, 5) is 0. The van der Waals surface area contributed by atoms with Gasteiger partial charge in [0, 0.05) is 20.2 Å². The lowest BCUT2D eigenvalue weighted by atomic mass is 9.96. The number of fused-ring (bicyclic) bond motifs is 2. The molecule has 0 aliphatic heterocycles. The maximum atomic E-state index is 2.32. The summed E-state index contributed by atoms with van der Waals surface area (Å²) in [5.74, 6) is 0. The SMILES string of the molecule is Cc1ccc2sc3c4ccccc4cc4ccc1c2c43. The first-order chi connectivity index (χ1) is 9.83. The number of hydrogen-bond donors (Lipinski definition) is 0. The molecule has 0 atom stereocenters. The summed E-state index contributed by atoms with van der Waals surface area (Å²) in [6.45, 7) is 2.20. The molecule has 5 rings (SSSR count). The largest absolute Gasteiger partial charge is 0.134 e. The molecule has 1 heteroatoms. The van der Waals surface area contributed by atoms with Crippen molar-refractivity contribution in [1.82, 2.24) is 0 Å². The molecule has 1 heterocycles. The second kappa shape index (κ2) is 3.50. The van der Waals surface area contributed by atoms with Gasteiger partial charge in [0.2, 0.25) is 0 Å². The van der Waals surface area contributed by atoms with Crippen LogP contribution in [0, 0.1) is 6.92 Å². The molecule has 0 saturated heterocycles. The standard InChI is InChI=1S/C19H12S/c1-11-6-9-16-18-14(11)8-7-13-10-12-4-2-3-5-15(12)19(20-16)17(13)18/h2-10H,1H3. The highest BCUT2D eigenvalue weighted by Crippen LogP contribution is 2.44. The third-order valence-corrected chi connectivity index (χ3v) is 5.54. The third-order valence-electron chi connectivity index (χ3n) is 4.35. The van der Waals surface area contributed by atoms with E-state index in [-0.39, 0.29) is 0 Å². The summed E-state index contributed by atoms with van der Waals surface area (Å²) in [6, 6.07) is 20.1. The molecule has 4 aromatic carbocycles. The molecule has 0 bridgehead atoms. The smallest absolute Gasteiger partial charge is 0.0440 e. The van der Waals surface area contributed by atoms with Crippen molar-refractivity contribution in [1.29, 1.82) is 0 Å². The van der Waals surface area contributed by atoms with Crippen molar-refractivity contribution >= 4 is 53.1 Å². The van der Waals surface area contributed by atoms with Gasteiger partial charge < -0.3 is 0 Å². The van der Waals surface area contributed by atoms with E-state index >= 15 is 0 Å². The van der Waals surface area contributed by atoms with E-state index in [0.717, 1.165) is 0 Å². The molecule has 0 saturated carbocycles. The van der Waals surface area contributed by atoms with Crippen LogP contribution in [0.5, 0.6) is 0 Å². The molecule has 94 valence electrons. The lowest BCUT2D eigenvalue weighted by Crippen LogP contribution is -1.80. The monoisotopic (exact) mass is 272 g/mol. The predicted molar refractivity (Wildman–Crippen MR) is 90.3 cm³/mol. The van der Waals surface area contributed by atoms with Crippen molar-refractivity contribution in [2.24, 2.45) is 0 Å². The Labute approximate surface area is 120 Å². The molecule has 0 fully saturated rings. The van der Waals surface area contributed by atoms with Crippen molar-refractivity contribution in [3.05, 3.63) is 60.2 Å². The van der Waals surface area contributed by atoms with Crippen LogP contribution in [0.3, 0.4) is 0 Å². The van der Waals surface area contributed by atoms with E-state index in [2.05, 4.69) is 61.5 Å². The number of benzene rings is 4. The van der Waals surface area contributed by atoms with Gasteiger partial charge in [-0.2, -0.15) is 0 Å². The van der Waals surface area contributed by atoms with Crippen LogP contribution < -0.4 is 0 Å². The van der Waals surface area contributed by atoms with Gasteiger partial charge >= 0.3 is 0 Å². The first kappa shape index (κ1) is 10.6. The second-order valence-electron chi connectivity index (χ2n) is 5.50. The van der Waals surface area contributed by atoms with Gasteiger partial charge in [0.15, 0.2) is 0 Å². The second-order valence-corrected chi connectivity index (χ2v) is 6.55. The average molecular weight is 272 g/mol. The van der Waals surface area contributed by atoms with Crippen LogP contribution in [-0.2, 0) is 0 Å². The van der Waals surface area contributed by atoms with Crippen LogP contribution in [0.25, 0.3) is 41.7 Å². The predicted octanol–water partition coefficient (Wildman–Crippen LogP) is 6.11. The molecule has 0 N–H and O–H groups in total. The Bertz CT molecular complexity index is 1100. The fourth-order valence-electron chi connectivity index (χ4n) is 3.37. The van der Waals surface area contributed by atoms with Gasteiger partial charge in [-0.3, -0.25) is 0 Å². The summed E-state index contributed by atoms with van der Waals surface area (Å²) in [7, 11) is 0. The van der Waals surface area contributed by atoms with Crippen LogP contribution in [0.1, 0.15) is 5.56 Å². The zero-order valence-electron chi connectivity index (χ0n) is 11.1. The fraction of sp³-hybridized carbons (Fsp3) is 0.0526. The maximum Gasteiger partial charge on any atom is 0.0440 e. The van der Waals surface area contributed by atoms with Gasteiger partial charge in [0.1, 0.15) is 0 Å². The molecule has 0 spiro atoms. The Hall–Kier alpha value is -2.12. The van der Waals surface area contributed by atoms with E-state index in [0.29, 0.717) is 0 Å². The maximum absolute atomic E-state index is 2.32. The number of thiophene rings is 1. The molecular weight excluding hydrogens is 260 g/mol. The minimum atomic E-state index is 1.34. The van der Waals surface area contributed by atoms with E-state index in [1.54, 1.807) is 0 Å². The number of hydrogen-bond acceptors (Lipinski definition) is 1. The molecule has 0 aliphatic rings. The first-order valence-corrected chi connectivity index (χ1v) is 7.70. The van der Waals surface area contributed by atoms with Gasteiger partial charge in [0.05, 0.1) is 0 Å². The van der Waals surface area contributed by atoms with E-state index < -0.39 is 0 Å². The highest BCUT2D eigenvalue weighted by Gasteiger charge is 2.14. The quantitative estimate of drug-likeness (QED) is 0.236. The third kappa shape index (κ3) is 1.17. The van der Waals surface area contributed by atoms with Crippen molar-refractivity contribution in [2.75, 3.05) is 0 Å². The van der Waals surface area contributed by atoms with Gasteiger partial charge in [-0.05, 0) is 46.2 Å². The average Bonchev–Trinajstić information content (AvgIpc) is 2.87. The molecule has 0 amide bonds.